The van der Waals surface area contributed by atoms with Gasteiger partial charge in [0.25, 0.3) is 0 Å². The smallest absolute Gasteiger partial charge is 0.416 e. The lowest BCUT2D eigenvalue weighted by atomic mass is 10.1. The third kappa shape index (κ3) is 4.42. The van der Waals surface area contributed by atoms with Gasteiger partial charge < -0.3 is 24.4 Å². The van der Waals surface area contributed by atoms with Crippen LogP contribution in [-0.4, -0.2) is 42.0 Å². The Kier molecular flexibility index (Phi) is 5.30. The Labute approximate surface area is 187 Å². The Hall–Kier alpha value is -3.43. The number of carbonyl (C=O) groups excluding carboxylic acids is 2. The number of halogens is 3. The Morgan fingerprint density at radius 1 is 1.03 bits per heavy atom. The summed E-state index contributed by atoms with van der Waals surface area (Å²) in [6, 6.07) is 6.95. The third-order valence-electron chi connectivity index (χ3n) is 5.79. The maximum absolute atomic E-state index is 13.0. The fourth-order valence-corrected chi connectivity index (χ4v) is 4.11. The molecule has 33 heavy (non-hydrogen) atoms. The molecule has 2 aromatic carbocycles. The van der Waals surface area contributed by atoms with Crippen molar-refractivity contribution in [3.05, 3.63) is 42.0 Å². The zero-order valence-corrected chi connectivity index (χ0v) is 17.5. The molecule has 2 heterocycles. The summed E-state index contributed by atoms with van der Waals surface area (Å²) in [6.07, 6.45) is -1.86. The van der Waals surface area contributed by atoms with Crippen LogP contribution in [0.4, 0.5) is 18.9 Å². The third-order valence-corrected chi connectivity index (χ3v) is 5.79. The van der Waals surface area contributed by atoms with Gasteiger partial charge in [-0.25, -0.2) is 0 Å². The first kappa shape index (κ1) is 21.4. The van der Waals surface area contributed by atoms with Crippen molar-refractivity contribution < 1.29 is 37.0 Å². The lowest BCUT2D eigenvalue weighted by Crippen LogP contribution is -2.43. The van der Waals surface area contributed by atoms with E-state index >= 15 is 0 Å². The highest BCUT2D eigenvalue weighted by Gasteiger charge is 2.44. The number of carbonyl (C=O) groups is 2. The van der Waals surface area contributed by atoms with E-state index in [4.69, 9.17) is 14.2 Å². The summed E-state index contributed by atoms with van der Waals surface area (Å²) < 4.78 is 55.5. The molecule has 0 aromatic heterocycles. The summed E-state index contributed by atoms with van der Waals surface area (Å²) in [7, 11) is 0. The van der Waals surface area contributed by atoms with Crippen molar-refractivity contribution in [1.29, 1.82) is 0 Å². The van der Waals surface area contributed by atoms with Gasteiger partial charge >= 0.3 is 6.18 Å². The van der Waals surface area contributed by atoms with Crippen LogP contribution in [0.5, 0.6) is 23.0 Å². The van der Waals surface area contributed by atoms with Crippen LogP contribution in [0.1, 0.15) is 31.2 Å². The summed E-state index contributed by atoms with van der Waals surface area (Å²) >= 11 is 0. The fraction of sp³-hybridized carbons (Fsp3) is 0.391. The molecular formula is C23H21F3N2O5. The van der Waals surface area contributed by atoms with Gasteiger partial charge in [-0.2, -0.15) is 13.2 Å². The molecule has 1 saturated carbocycles. The molecule has 1 saturated heterocycles. The quantitative estimate of drug-likeness (QED) is 0.715. The second-order valence-corrected chi connectivity index (χ2v) is 8.20. The van der Waals surface area contributed by atoms with E-state index in [1.165, 1.54) is 18.2 Å². The monoisotopic (exact) mass is 462 g/mol. The van der Waals surface area contributed by atoms with Crippen molar-refractivity contribution >= 4 is 17.5 Å². The number of likely N-dealkylation sites (tertiary alicyclic amines) is 1. The highest BCUT2D eigenvalue weighted by atomic mass is 19.4. The topological polar surface area (TPSA) is 77.1 Å². The number of hydrogen-bond acceptors (Lipinski definition) is 5. The lowest BCUT2D eigenvalue weighted by molar-refractivity contribution is -0.137. The van der Waals surface area contributed by atoms with Crippen LogP contribution in [0.15, 0.2) is 36.4 Å². The first-order valence-corrected chi connectivity index (χ1v) is 10.7. The second-order valence-electron chi connectivity index (χ2n) is 8.20. The highest BCUT2D eigenvalue weighted by molar-refractivity contribution is 6.00. The summed E-state index contributed by atoms with van der Waals surface area (Å²) in [5.74, 6) is 0.808. The Bertz CT molecular complexity index is 1080. The molecule has 1 atom stereocenters. The van der Waals surface area contributed by atoms with Crippen LogP contribution in [0.2, 0.25) is 0 Å². The van der Waals surface area contributed by atoms with Gasteiger partial charge in [0.05, 0.1) is 11.3 Å². The molecule has 5 rings (SSSR count). The SMILES string of the molecule is O=C(Nc1cc(Oc2ccc(C(F)(F)F)cc2)cc2c1OCCO2)C1CCC(=O)N1C1CC1. The molecule has 7 nitrogen and oxygen atoms in total. The first-order chi connectivity index (χ1) is 15.8. The van der Waals surface area contributed by atoms with Crippen molar-refractivity contribution in [2.75, 3.05) is 18.5 Å². The van der Waals surface area contributed by atoms with E-state index < -0.39 is 17.8 Å². The molecule has 2 fully saturated rings. The van der Waals surface area contributed by atoms with Crippen molar-refractivity contribution in [2.24, 2.45) is 0 Å². The average molecular weight is 462 g/mol. The van der Waals surface area contributed by atoms with E-state index in [1.807, 2.05) is 0 Å². The molecule has 2 aromatic rings. The van der Waals surface area contributed by atoms with Crippen molar-refractivity contribution in [3.8, 4) is 23.0 Å². The summed E-state index contributed by atoms with van der Waals surface area (Å²) in [6.45, 7) is 0.599. The van der Waals surface area contributed by atoms with E-state index in [2.05, 4.69) is 5.32 Å². The number of nitrogens with one attached hydrogen (secondary N) is 1. The minimum Gasteiger partial charge on any atom is -0.486 e. The minimum atomic E-state index is -4.44. The number of hydrogen-bond donors (Lipinski definition) is 1. The molecule has 0 bridgehead atoms. The normalized spacial score (nSPS) is 20.0. The molecule has 2 aliphatic heterocycles. The van der Waals surface area contributed by atoms with E-state index in [1.54, 1.807) is 11.0 Å². The van der Waals surface area contributed by atoms with Gasteiger partial charge in [0.2, 0.25) is 11.8 Å². The molecule has 174 valence electrons. The first-order valence-electron chi connectivity index (χ1n) is 10.7. The molecule has 0 spiro atoms. The number of ether oxygens (including phenoxy) is 3. The minimum absolute atomic E-state index is 0.0151. The zero-order valence-electron chi connectivity index (χ0n) is 17.5. The van der Waals surface area contributed by atoms with Crippen molar-refractivity contribution in [1.82, 2.24) is 4.90 Å². The van der Waals surface area contributed by atoms with Gasteiger partial charge in [0, 0.05) is 24.6 Å². The van der Waals surface area contributed by atoms with Gasteiger partial charge in [-0.1, -0.05) is 0 Å². The van der Waals surface area contributed by atoms with Gasteiger partial charge in [-0.05, 0) is 43.5 Å². The predicted octanol–water partition coefficient (Wildman–Crippen LogP) is 4.36. The second kappa shape index (κ2) is 8.17. The molecule has 0 radical (unpaired) electrons. The number of nitrogens with zero attached hydrogens (tertiary/aromatic N) is 1. The van der Waals surface area contributed by atoms with Crippen LogP contribution in [0, 0.1) is 0 Å². The van der Waals surface area contributed by atoms with E-state index in [-0.39, 0.29) is 29.4 Å². The highest BCUT2D eigenvalue weighted by Crippen LogP contribution is 2.43. The number of rotatable bonds is 5. The van der Waals surface area contributed by atoms with Gasteiger partial charge in [0.1, 0.15) is 30.8 Å². The summed E-state index contributed by atoms with van der Waals surface area (Å²) in [5.41, 5.74) is -0.467. The largest absolute Gasteiger partial charge is 0.486 e. The number of fused-ring (bicyclic) bond motifs is 1. The maximum atomic E-state index is 13.0. The molecule has 1 N–H and O–H groups in total. The van der Waals surface area contributed by atoms with Crippen LogP contribution < -0.4 is 19.5 Å². The number of benzene rings is 2. The summed E-state index contributed by atoms with van der Waals surface area (Å²) in [4.78, 5) is 26.9. The zero-order chi connectivity index (χ0) is 23.2. The fourth-order valence-electron chi connectivity index (χ4n) is 4.11. The van der Waals surface area contributed by atoms with E-state index in [0.29, 0.717) is 43.2 Å². The molecule has 2 amide bonds. The maximum Gasteiger partial charge on any atom is 0.416 e. The molecule has 3 aliphatic rings. The molecule has 1 unspecified atom stereocenters. The van der Waals surface area contributed by atoms with Crippen LogP contribution in [0.25, 0.3) is 0 Å². The van der Waals surface area contributed by atoms with Gasteiger partial charge in [-0.15, -0.1) is 0 Å². The van der Waals surface area contributed by atoms with Crippen LogP contribution in [-0.2, 0) is 15.8 Å². The van der Waals surface area contributed by atoms with Gasteiger partial charge in [-0.3, -0.25) is 9.59 Å². The lowest BCUT2D eigenvalue weighted by Gasteiger charge is -2.26. The predicted molar refractivity (Wildman–Crippen MR) is 110 cm³/mol. The van der Waals surface area contributed by atoms with Crippen LogP contribution >= 0.6 is 0 Å². The van der Waals surface area contributed by atoms with E-state index in [0.717, 1.165) is 25.0 Å². The standard InChI is InChI=1S/C23H21F3N2O5/c24-23(25,26)13-1-5-15(6-2-13)33-16-11-17(21-19(12-16)31-9-10-32-21)27-22(30)18-7-8-20(29)28(18)14-3-4-14/h1-2,5-6,11-12,14,18H,3-4,7-10H2,(H,27,30). The van der Waals surface area contributed by atoms with Crippen molar-refractivity contribution in [2.45, 2.75) is 43.9 Å². The number of amides is 2. The van der Waals surface area contributed by atoms with Crippen molar-refractivity contribution in [3.63, 3.8) is 0 Å². The van der Waals surface area contributed by atoms with Gasteiger partial charge in [0.15, 0.2) is 11.5 Å². The Morgan fingerprint density at radius 2 is 1.76 bits per heavy atom. The number of alkyl halides is 3. The van der Waals surface area contributed by atoms with Crippen LogP contribution in [0.3, 0.4) is 0 Å². The summed E-state index contributed by atoms with van der Waals surface area (Å²) in [5, 5.41) is 2.83. The molecule has 10 heteroatoms. The Balaban J connectivity index is 1.38. The van der Waals surface area contributed by atoms with E-state index in [9.17, 15) is 22.8 Å². The Morgan fingerprint density at radius 3 is 2.45 bits per heavy atom. The molecule has 1 aliphatic carbocycles. The number of anilines is 1. The molecular weight excluding hydrogens is 441 g/mol. The average Bonchev–Trinajstić information content (AvgIpc) is 3.54.